The highest BCUT2D eigenvalue weighted by Gasteiger charge is 2.32. The summed E-state index contributed by atoms with van der Waals surface area (Å²) in [6, 6.07) is 0.331. The molecule has 0 spiro atoms. The summed E-state index contributed by atoms with van der Waals surface area (Å²) in [7, 11) is 0. The first-order chi connectivity index (χ1) is 10.3. The number of rotatable bonds is 4. The number of hydrogen-bond donors (Lipinski definition) is 0. The van der Waals surface area contributed by atoms with E-state index < -0.39 is 0 Å². The van der Waals surface area contributed by atoms with Crippen molar-refractivity contribution in [2.24, 2.45) is 5.92 Å². The van der Waals surface area contributed by atoms with E-state index in [9.17, 15) is 4.79 Å². The fraction of sp³-hybridized carbons (Fsp3) is 0.812. The molecule has 4 rings (SSSR count). The van der Waals surface area contributed by atoms with E-state index in [-0.39, 0.29) is 0 Å². The molecule has 5 nitrogen and oxygen atoms in total. The molecular formula is C16H24N4O. The van der Waals surface area contributed by atoms with Crippen molar-refractivity contribution < 1.29 is 4.79 Å². The zero-order chi connectivity index (χ0) is 14.2. The lowest BCUT2D eigenvalue weighted by molar-refractivity contribution is -0.131. The summed E-state index contributed by atoms with van der Waals surface area (Å²) in [4.78, 5) is 14.4. The van der Waals surface area contributed by atoms with E-state index in [4.69, 9.17) is 0 Å². The predicted octanol–water partition coefficient (Wildman–Crippen LogP) is 2.51. The quantitative estimate of drug-likeness (QED) is 0.855. The van der Waals surface area contributed by atoms with E-state index in [0.29, 0.717) is 23.8 Å². The van der Waals surface area contributed by atoms with Crippen molar-refractivity contribution in [2.45, 2.75) is 63.3 Å². The van der Waals surface area contributed by atoms with Gasteiger partial charge in [0.2, 0.25) is 5.91 Å². The predicted molar refractivity (Wildman–Crippen MR) is 78.8 cm³/mol. The second-order valence-corrected chi connectivity index (χ2v) is 7.03. The average Bonchev–Trinajstić information content (AvgIpc) is 2.94. The highest BCUT2D eigenvalue weighted by molar-refractivity contribution is 5.76. The summed E-state index contributed by atoms with van der Waals surface area (Å²) >= 11 is 0. The Balaban J connectivity index is 1.33. The van der Waals surface area contributed by atoms with Gasteiger partial charge in [-0.3, -0.25) is 4.79 Å². The van der Waals surface area contributed by atoms with Gasteiger partial charge in [-0.15, -0.1) is 5.10 Å². The second kappa shape index (κ2) is 5.43. The molecule has 0 aromatic carbocycles. The third-order valence-electron chi connectivity index (χ3n) is 5.35. The monoisotopic (exact) mass is 288 g/mol. The summed E-state index contributed by atoms with van der Waals surface area (Å²) in [6.45, 7) is 1.70. The lowest BCUT2D eigenvalue weighted by Gasteiger charge is -2.18. The van der Waals surface area contributed by atoms with Gasteiger partial charge in [0.15, 0.2) is 0 Å². The molecule has 3 fully saturated rings. The van der Waals surface area contributed by atoms with Crippen LogP contribution >= 0.6 is 0 Å². The lowest BCUT2D eigenvalue weighted by Crippen LogP contribution is -2.30. The molecule has 0 unspecified atom stereocenters. The molecule has 0 radical (unpaired) electrons. The molecule has 1 amide bonds. The van der Waals surface area contributed by atoms with Gasteiger partial charge in [-0.25, -0.2) is 4.68 Å². The standard InChI is InChI=1S/C16H24N4O/c21-16(9-12-3-1-2-4-12)19-8-7-14(10-19)20-11-15(17-18-20)13-5-6-13/h11-14H,1-10H2/t14-/m0/s1. The smallest absolute Gasteiger partial charge is 0.222 e. The van der Waals surface area contributed by atoms with E-state index in [1.807, 2.05) is 9.58 Å². The molecule has 2 aliphatic carbocycles. The van der Waals surface area contributed by atoms with E-state index in [0.717, 1.165) is 31.6 Å². The molecule has 2 saturated carbocycles. The molecule has 1 saturated heterocycles. The Morgan fingerprint density at radius 3 is 2.76 bits per heavy atom. The maximum atomic E-state index is 12.4. The van der Waals surface area contributed by atoms with Crippen molar-refractivity contribution in [1.82, 2.24) is 19.9 Å². The zero-order valence-corrected chi connectivity index (χ0v) is 12.6. The van der Waals surface area contributed by atoms with Gasteiger partial charge in [0, 0.05) is 31.6 Å². The van der Waals surface area contributed by atoms with Crippen LogP contribution < -0.4 is 0 Å². The zero-order valence-electron chi connectivity index (χ0n) is 12.6. The number of hydrogen-bond acceptors (Lipinski definition) is 3. The summed E-state index contributed by atoms with van der Waals surface area (Å²) in [5.74, 6) is 1.65. The average molecular weight is 288 g/mol. The van der Waals surface area contributed by atoms with Crippen LogP contribution in [0.1, 0.15) is 69.0 Å². The molecule has 3 aliphatic rings. The van der Waals surface area contributed by atoms with Crippen LogP contribution in [0.4, 0.5) is 0 Å². The van der Waals surface area contributed by atoms with E-state index in [2.05, 4.69) is 16.5 Å². The fourth-order valence-electron chi connectivity index (χ4n) is 3.81. The normalized spacial score (nSPS) is 26.7. The third-order valence-corrected chi connectivity index (χ3v) is 5.35. The van der Waals surface area contributed by atoms with Gasteiger partial charge in [-0.1, -0.05) is 18.1 Å². The van der Waals surface area contributed by atoms with Gasteiger partial charge in [0.25, 0.3) is 0 Å². The van der Waals surface area contributed by atoms with Gasteiger partial charge < -0.3 is 4.90 Å². The Kier molecular flexibility index (Phi) is 3.43. The molecule has 2 heterocycles. The number of carbonyl (C=O) groups excluding carboxylic acids is 1. The topological polar surface area (TPSA) is 51.0 Å². The van der Waals surface area contributed by atoms with Crippen LogP contribution in [0.25, 0.3) is 0 Å². The minimum atomic E-state index is 0.331. The molecule has 0 N–H and O–H groups in total. The molecule has 1 aromatic heterocycles. The molecule has 114 valence electrons. The van der Waals surface area contributed by atoms with Gasteiger partial charge in [0.05, 0.1) is 11.7 Å². The Morgan fingerprint density at radius 2 is 2.00 bits per heavy atom. The first-order valence-corrected chi connectivity index (χ1v) is 8.49. The lowest BCUT2D eigenvalue weighted by atomic mass is 10.0. The maximum Gasteiger partial charge on any atom is 0.222 e. The van der Waals surface area contributed by atoms with Gasteiger partial charge in [-0.05, 0) is 38.0 Å². The highest BCUT2D eigenvalue weighted by atomic mass is 16.2. The Hall–Kier alpha value is -1.39. The number of amides is 1. The summed E-state index contributed by atoms with van der Waals surface area (Å²) in [5, 5.41) is 8.57. The van der Waals surface area contributed by atoms with Gasteiger partial charge in [-0.2, -0.15) is 0 Å². The van der Waals surface area contributed by atoms with Crippen LogP contribution in [0.5, 0.6) is 0 Å². The number of likely N-dealkylation sites (tertiary alicyclic amines) is 1. The summed E-state index contributed by atoms with van der Waals surface area (Å²) < 4.78 is 2.00. The van der Waals surface area contributed by atoms with E-state index in [1.54, 1.807) is 0 Å². The van der Waals surface area contributed by atoms with Crippen LogP contribution in [-0.2, 0) is 4.79 Å². The molecule has 0 bridgehead atoms. The number of nitrogens with zero attached hydrogens (tertiary/aromatic N) is 4. The van der Waals surface area contributed by atoms with E-state index in [1.165, 1.54) is 38.5 Å². The van der Waals surface area contributed by atoms with Gasteiger partial charge >= 0.3 is 0 Å². The minimum absolute atomic E-state index is 0.331. The van der Waals surface area contributed by atoms with Crippen LogP contribution in [-0.4, -0.2) is 38.9 Å². The largest absolute Gasteiger partial charge is 0.340 e. The van der Waals surface area contributed by atoms with Gasteiger partial charge in [0.1, 0.15) is 0 Å². The number of aromatic nitrogens is 3. The van der Waals surface area contributed by atoms with Crippen molar-refractivity contribution in [3.05, 3.63) is 11.9 Å². The summed E-state index contributed by atoms with van der Waals surface area (Å²) in [5.41, 5.74) is 1.14. The first kappa shape index (κ1) is 13.3. The minimum Gasteiger partial charge on any atom is -0.340 e. The van der Waals surface area contributed by atoms with Crippen LogP contribution in [0.15, 0.2) is 6.20 Å². The third kappa shape index (κ3) is 2.83. The van der Waals surface area contributed by atoms with Crippen molar-refractivity contribution in [3.8, 4) is 0 Å². The molecule has 1 aromatic rings. The van der Waals surface area contributed by atoms with Crippen LogP contribution in [0, 0.1) is 5.92 Å². The molecule has 5 heteroatoms. The Bertz CT molecular complexity index is 516. The molecule has 21 heavy (non-hydrogen) atoms. The van der Waals surface area contributed by atoms with E-state index >= 15 is 0 Å². The highest BCUT2D eigenvalue weighted by Crippen LogP contribution is 2.39. The first-order valence-electron chi connectivity index (χ1n) is 8.49. The van der Waals surface area contributed by atoms with Crippen LogP contribution in [0.3, 0.4) is 0 Å². The SMILES string of the molecule is O=C(CC1CCCC1)N1CC[C@H](n2cc(C3CC3)nn2)C1. The van der Waals surface area contributed by atoms with Crippen LogP contribution in [0.2, 0.25) is 0 Å². The Morgan fingerprint density at radius 1 is 1.19 bits per heavy atom. The maximum absolute atomic E-state index is 12.4. The molecule has 1 atom stereocenters. The fourth-order valence-corrected chi connectivity index (χ4v) is 3.81. The van der Waals surface area contributed by atoms with Crippen molar-refractivity contribution >= 4 is 5.91 Å². The summed E-state index contributed by atoms with van der Waals surface area (Å²) in [6.07, 6.45) is 11.5. The number of carbonyl (C=O) groups is 1. The van der Waals surface area contributed by atoms with Crippen molar-refractivity contribution in [2.75, 3.05) is 13.1 Å². The second-order valence-electron chi connectivity index (χ2n) is 7.03. The molecular weight excluding hydrogens is 264 g/mol. The molecule has 1 aliphatic heterocycles. The van der Waals surface area contributed by atoms with Crippen molar-refractivity contribution in [1.29, 1.82) is 0 Å². The van der Waals surface area contributed by atoms with Crippen molar-refractivity contribution in [3.63, 3.8) is 0 Å². The Labute approximate surface area is 125 Å².